The largest absolute Gasteiger partial charge is 0.508 e. The van der Waals surface area contributed by atoms with Crippen molar-refractivity contribution >= 4 is 0 Å². The highest BCUT2D eigenvalue weighted by atomic mass is 16.5. The fraction of sp³-hybridized carbons (Fsp3) is 0.600. The normalized spacial score (nSPS) is 17.2. The van der Waals surface area contributed by atoms with Crippen molar-refractivity contribution in [2.24, 2.45) is 5.41 Å². The SMILES string of the molecule is CCC1(CNCc2cc(OC)ccc2O)CCC1. The van der Waals surface area contributed by atoms with Gasteiger partial charge in [-0.2, -0.15) is 0 Å². The van der Waals surface area contributed by atoms with Crippen LogP contribution in [0.15, 0.2) is 18.2 Å². The summed E-state index contributed by atoms with van der Waals surface area (Å²) in [7, 11) is 1.64. The van der Waals surface area contributed by atoms with Gasteiger partial charge in [-0.25, -0.2) is 0 Å². The molecule has 18 heavy (non-hydrogen) atoms. The Hall–Kier alpha value is -1.22. The van der Waals surface area contributed by atoms with E-state index in [1.165, 1.54) is 25.7 Å². The first-order valence-electron chi connectivity index (χ1n) is 6.76. The third kappa shape index (κ3) is 2.78. The van der Waals surface area contributed by atoms with Crippen LogP contribution in [0.2, 0.25) is 0 Å². The lowest BCUT2D eigenvalue weighted by molar-refractivity contribution is 0.123. The molecule has 1 fully saturated rings. The van der Waals surface area contributed by atoms with E-state index in [-0.39, 0.29) is 0 Å². The third-order valence-electron chi connectivity index (χ3n) is 4.27. The highest BCUT2D eigenvalue weighted by Crippen LogP contribution is 2.43. The molecule has 0 amide bonds. The average molecular weight is 249 g/mol. The van der Waals surface area contributed by atoms with Gasteiger partial charge in [0.1, 0.15) is 11.5 Å². The summed E-state index contributed by atoms with van der Waals surface area (Å²) in [4.78, 5) is 0. The lowest BCUT2D eigenvalue weighted by Crippen LogP contribution is -2.39. The topological polar surface area (TPSA) is 41.5 Å². The standard InChI is InChI=1S/C15H23NO2/c1-3-15(7-4-8-15)11-16-10-12-9-13(18-2)5-6-14(12)17/h5-6,9,16-17H,3-4,7-8,10-11H2,1-2H3. The maximum Gasteiger partial charge on any atom is 0.120 e. The molecular formula is C15H23NO2. The Morgan fingerprint density at radius 2 is 2.17 bits per heavy atom. The molecule has 0 unspecified atom stereocenters. The van der Waals surface area contributed by atoms with Gasteiger partial charge >= 0.3 is 0 Å². The molecule has 2 N–H and O–H groups in total. The van der Waals surface area contributed by atoms with E-state index < -0.39 is 0 Å². The molecule has 0 aliphatic heterocycles. The van der Waals surface area contributed by atoms with Crippen molar-refractivity contribution < 1.29 is 9.84 Å². The second kappa shape index (κ2) is 5.61. The van der Waals surface area contributed by atoms with E-state index in [1.54, 1.807) is 19.2 Å². The summed E-state index contributed by atoms with van der Waals surface area (Å²) in [6, 6.07) is 5.36. The van der Waals surface area contributed by atoms with Gasteiger partial charge in [0.05, 0.1) is 7.11 Å². The Balaban J connectivity index is 1.89. The van der Waals surface area contributed by atoms with Gasteiger partial charge in [-0.15, -0.1) is 0 Å². The molecule has 0 aromatic heterocycles. The van der Waals surface area contributed by atoms with E-state index in [0.717, 1.165) is 17.9 Å². The Kier molecular flexibility index (Phi) is 4.12. The van der Waals surface area contributed by atoms with Crippen LogP contribution in [0.3, 0.4) is 0 Å². The van der Waals surface area contributed by atoms with Crippen LogP contribution >= 0.6 is 0 Å². The molecule has 0 heterocycles. The van der Waals surface area contributed by atoms with Crippen LogP contribution in [-0.4, -0.2) is 18.8 Å². The van der Waals surface area contributed by atoms with Crippen LogP contribution < -0.4 is 10.1 Å². The van der Waals surface area contributed by atoms with E-state index in [0.29, 0.717) is 17.7 Å². The van der Waals surface area contributed by atoms with Gasteiger partial charge < -0.3 is 15.2 Å². The minimum atomic E-state index is 0.336. The van der Waals surface area contributed by atoms with E-state index in [2.05, 4.69) is 12.2 Å². The molecule has 1 aliphatic carbocycles. The van der Waals surface area contributed by atoms with Crippen molar-refractivity contribution in [3.63, 3.8) is 0 Å². The number of ether oxygens (including phenoxy) is 1. The van der Waals surface area contributed by atoms with Crippen LogP contribution in [0.4, 0.5) is 0 Å². The summed E-state index contributed by atoms with van der Waals surface area (Å²) >= 11 is 0. The minimum Gasteiger partial charge on any atom is -0.508 e. The molecule has 0 radical (unpaired) electrons. The van der Waals surface area contributed by atoms with Crippen molar-refractivity contribution in [2.45, 2.75) is 39.2 Å². The average Bonchev–Trinajstić information content (AvgIpc) is 2.35. The molecule has 1 aromatic rings. The molecule has 3 heteroatoms. The van der Waals surface area contributed by atoms with E-state index >= 15 is 0 Å². The molecule has 3 nitrogen and oxygen atoms in total. The van der Waals surface area contributed by atoms with Crippen molar-refractivity contribution in [1.82, 2.24) is 5.32 Å². The summed E-state index contributed by atoms with van der Waals surface area (Å²) in [5.74, 6) is 1.13. The number of phenolic OH excluding ortho intramolecular Hbond substituents is 1. The molecular weight excluding hydrogens is 226 g/mol. The van der Waals surface area contributed by atoms with Crippen molar-refractivity contribution in [1.29, 1.82) is 0 Å². The number of nitrogens with one attached hydrogen (secondary N) is 1. The Morgan fingerprint density at radius 1 is 1.39 bits per heavy atom. The molecule has 100 valence electrons. The number of hydrogen-bond acceptors (Lipinski definition) is 3. The van der Waals surface area contributed by atoms with Crippen LogP contribution in [0, 0.1) is 5.41 Å². The molecule has 0 bridgehead atoms. The van der Waals surface area contributed by atoms with E-state index in [4.69, 9.17) is 4.74 Å². The fourth-order valence-electron chi connectivity index (χ4n) is 2.62. The van der Waals surface area contributed by atoms with Crippen molar-refractivity contribution in [3.05, 3.63) is 23.8 Å². The van der Waals surface area contributed by atoms with Crippen molar-refractivity contribution in [3.8, 4) is 11.5 Å². The van der Waals surface area contributed by atoms with Crippen LogP contribution in [-0.2, 0) is 6.54 Å². The molecule has 0 spiro atoms. The third-order valence-corrected chi connectivity index (χ3v) is 4.27. The Morgan fingerprint density at radius 3 is 2.72 bits per heavy atom. The van der Waals surface area contributed by atoms with E-state index in [9.17, 15) is 5.11 Å². The first-order chi connectivity index (χ1) is 8.69. The van der Waals surface area contributed by atoms with Gasteiger partial charge in [0.2, 0.25) is 0 Å². The fourth-order valence-corrected chi connectivity index (χ4v) is 2.62. The molecule has 1 aliphatic rings. The zero-order chi connectivity index (χ0) is 13.0. The van der Waals surface area contributed by atoms with Crippen LogP contribution in [0.1, 0.15) is 38.2 Å². The summed E-state index contributed by atoms with van der Waals surface area (Å²) in [5.41, 5.74) is 1.41. The highest BCUT2D eigenvalue weighted by Gasteiger charge is 2.34. The second-order valence-electron chi connectivity index (χ2n) is 5.31. The smallest absolute Gasteiger partial charge is 0.120 e. The number of aromatic hydroxyl groups is 1. The molecule has 0 atom stereocenters. The summed E-state index contributed by atoms with van der Waals surface area (Å²) in [6.45, 7) is 4.01. The summed E-state index contributed by atoms with van der Waals surface area (Å²) < 4.78 is 5.17. The number of rotatable bonds is 6. The zero-order valence-electron chi connectivity index (χ0n) is 11.3. The predicted molar refractivity (Wildman–Crippen MR) is 72.9 cm³/mol. The first kappa shape index (κ1) is 13.2. The number of hydrogen-bond donors (Lipinski definition) is 2. The molecule has 2 rings (SSSR count). The van der Waals surface area contributed by atoms with Gasteiger partial charge in [0.25, 0.3) is 0 Å². The van der Waals surface area contributed by atoms with Gasteiger partial charge in [0.15, 0.2) is 0 Å². The van der Waals surface area contributed by atoms with Gasteiger partial charge in [-0.1, -0.05) is 13.3 Å². The van der Waals surface area contributed by atoms with Gasteiger partial charge in [-0.05, 0) is 42.9 Å². The first-order valence-corrected chi connectivity index (χ1v) is 6.76. The Labute approximate surface area is 109 Å². The monoisotopic (exact) mass is 249 g/mol. The highest BCUT2D eigenvalue weighted by molar-refractivity contribution is 5.39. The number of benzene rings is 1. The Bertz CT molecular complexity index is 394. The summed E-state index contributed by atoms with van der Waals surface area (Å²) in [6.07, 6.45) is 5.27. The van der Waals surface area contributed by atoms with Crippen LogP contribution in [0.25, 0.3) is 0 Å². The zero-order valence-corrected chi connectivity index (χ0v) is 11.3. The van der Waals surface area contributed by atoms with Gasteiger partial charge in [-0.3, -0.25) is 0 Å². The lowest BCUT2D eigenvalue weighted by Gasteiger charge is -2.41. The minimum absolute atomic E-state index is 0.336. The van der Waals surface area contributed by atoms with Gasteiger partial charge in [0, 0.05) is 18.7 Å². The summed E-state index contributed by atoms with van der Waals surface area (Å²) in [5, 5.41) is 13.3. The molecule has 1 aromatic carbocycles. The predicted octanol–water partition coefficient (Wildman–Crippen LogP) is 3.07. The second-order valence-corrected chi connectivity index (χ2v) is 5.31. The molecule has 0 saturated heterocycles. The van der Waals surface area contributed by atoms with Crippen LogP contribution in [0.5, 0.6) is 11.5 Å². The van der Waals surface area contributed by atoms with E-state index in [1.807, 2.05) is 6.07 Å². The molecule has 1 saturated carbocycles. The maximum absolute atomic E-state index is 9.79. The number of phenols is 1. The lowest BCUT2D eigenvalue weighted by atomic mass is 9.67. The quantitative estimate of drug-likeness (QED) is 0.814. The van der Waals surface area contributed by atoms with Crippen molar-refractivity contribution in [2.75, 3.05) is 13.7 Å². The number of methoxy groups -OCH3 is 1. The maximum atomic E-state index is 9.79.